The zero-order valence-corrected chi connectivity index (χ0v) is 11.8. The van der Waals surface area contributed by atoms with E-state index in [4.69, 9.17) is 0 Å². The Hall–Kier alpha value is -0.550. The monoisotopic (exact) mass is 246 g/mol. The number of hydrogen-bond donors (Lipinski definition) is 0. The first-order chi connectivity index (χ1) is 8.70. The van der Waals surface area contributed by atoms with Gasteiger partial charge < -0.3 is 0 Å². The molecule has 4 atom stereocenters. The van der Waals surface area contributed by atoms with Crippen molar-refractivity contribution >= 4 is 0 Å². The van der Waals surface area contributed by atoms with Crippen LogP contribution in [0.3, 0.4) is 0 Å². The highest BCUT2D eigenvalue weighted by Crippen LogP contribution is 2.47. The summed E-state index contributed by atoms with van der Waals surface area (Å²) in [6.07, 6.45) is 9.44. The van der Waals surface area contributed by atoms with Crippen LogP contribution in [-0.2, 0) is 0 Å². The van der Waals surface area contributed by atoms with Crippen LogP contribution in [0.5, 0.6) is 0 Å². The lowest BCUT2D eigenvalue weighted by molar-refractivity contribution is 0.0476. The minimum atomic E-state index is 0.312. The van der Waals surface area contributed by atoms with Crippen molar-refractivity contribution in [2.24, 2.45) is 23.7 Å². The van der Waals surface area contributed by atoms with E-state index in [9.17, 15) is 5.26 Å². The fourth-order valence-electron chi connectivity index (χ4n) is 4.89. The summed E-state index contributed by atoms with van der Waals surface area (Å²) >= 11 is 0. The Morgan fingerprint density at radius 3 is 2.44 bits per heavy atom. The van der Waals surface area contributed by atoms with Crippen LogP contribution in [0.1, 0.15) is 51.9 Å². The molecule has 2 aliphatic heterocycles. The molecule has 2 heteroatoms. The average molecular weight is 246 g/mol. The van der Waals surface area contributed by atoms with Gasteiger partial charge in [-0.2, -0.15) is 5.26 Å². The van der Waals surface area contributed by atoms with Gasteiger partial charge in [-0.1, -0.05) is 19.8 Å². The van der Waals surface area contributed by atoms with Gasteiger partial charge in [-0.25, -0.2) is 0 Å². The van der Waals surface area contributed by atoms with Crippen molar-refractivity contribution < 1.29 is 0 Å². The van der Waals surface area contributed by atoms with Gasteiger partial charge in [0, 0.05) is 12.1 Å². The van der Waals surface area contributed by atoms with Crippen molar-refractivity contribution in [2.75, 3.05) is 7.05 Å². The second-order valence-electron chi connectivity index (χ2n) is 7.04. The Balaban J connectivity index is 1.74. The molecule has 0 spiro atoms. The van der Waals surface area contributed by atoms with E-state index in [-0.39, 0.29) is 0 Å². The second-order valence-corrected chi connectivity index (χ2v) is 7.04. The molecule has 3 rings (SSSR count). The quantitative estimate of drug-likeness (QED) is 0.708. The topological polar surface area (TPSA) is 27.0 Å². The van der Waals surface area contributed by atoms with Gasteiger partial charge in [-0.05, 0) is 56.9 Å². The molecule has 0 amide bonds. The summed E-state index contributed by atoms with van der Waals surface area (Å²) in [5, 5.41) is 9.61. The molecule has 0 aromatic heterocycles. The Labute approximate surface area is 111 Å². The van der Waals surface area contributed by atoms with Crippen LogP contribution in [0.15, 0.2) is 0 Å². The van der Waals surface area contributed by atoms with Gasteiger partial charge in [0.2, 0.25) is 0 Å². The van der Waals surface area contributed by atoms with Crippen molar-refractivity contribution in [3.8, 4) is 6.07 Å². The van der Waals surface area contributed by atoms with Crippen molar-refractivity contribution in [3.05, 3.63) is 0 Å². The lowest BCUT2D eigenvalue weighted by Crippen LogP contribution is -2.48. The van der Waals surface area contributed by atoms with Crippen molar-refractivity contribution in [1.82, 2.24) is 4.90 Å². The molecule has 0 aromatic rings. The Morgan fingerprint density at radius 2 is 1.78 bits per heavy atom. The Morgan fingerprint density at radius 1 is 1.06 bits per heavy atom. The normalized spacial score (nSPS) is 48.9. The molecule has 18 heavy (non-hydrogen) atoms. The number of piperidine rings is 1. The summed E-state index contributed by atoms with van der Waals surface area (Å²) in [7, 11) is 2.24. The predicted octanol–water partition coefficient (Wildman–Crippen LogP) is 3.44. The van der Waals surface area contributed by atoms with Gasteiger partial charge >= 0.3 is 0 Å². The zero-order chi connectivity index (χ0) is 12.7. The van der Waals surface area contributed by atoms with E-state index in [0.717, 1.165) is 17.9 Å². The number of nitrogens with zero attached hydrogens (tertiary/aromatic N) is 2. The molecule has 3 fully saturated rings. The van der Waals surface area contributed by atoms with E-state index in [2.05, 4.69) is 24.9 Å². The lowest BCUT2D eigenvalue weighted by atomic mass is 9.67. The van der Waals surface area contributed by atoms with Crippen molar-refractivity contribution in [1.29, 1.82) is 5.26 Å². The summed E-state index contributed by atoms with van der Waals surface area (Å²) in [5.74, 6) is 2.79. The van der Waals surface area contributed by atoms with Crippen LogP contribution in [0.25, 0.3) is 0 Å². The maximum absolute atomic E-state index is 9.61. The number of fused-ring (bicyclic) bond motifs is 2. The number of rotatable bonds is 1. The molecule has 2 heterocycles. The Kier molecular flexibility index (Phi) is 3.36. The molecule has 0 radical (unpaired) electrons. The van der Waals surface area contributed by atoms with Gasteiger partial charge in [-0.3, -0.25) is 4.90 Å². The van der Waals surface area contributed by atoms with Gasteiger partial charge in [0.25, 0.3) is 0 Å². The van der Waals surface area contributed by atoms with E-state index in [1.165, 1.54) is 44.9 Å². The van der Waals surface area contributed by atoms with Crippen LogP contribution >= 0.6 is 0 Å². The summed E-state index contributed by atoms with van der Waals surface area (Å²) < 4.78 is 0. The third kappa shape index (κ3) is 1.97. The first-order valence-corrected chi connectivity index (χ1v) is 7.82. The fraction of sp³-hybridized carbons (Fsp3) is 0.938. The van der Waals surface area contributed by atoms with E-state index >= 15 is 0 Å². The second kappa shape index (κ2) is 4.85. The molecule has 2 bridgehead atoms. The van der Waals surface area contributed by atoms with E-state index < -0.39 is 0 Å². The molecule has 2 unspecified atom stereocenters. The summed E-state index contributed by atoms with van der Waals surface area (Å²) in [6.45, 7) is 2.39. The summed E-state index contributed by atoms with van der Waals surface area (Å²) in [6, 6.07) is 4.03. The number of hydrogen-bond acceptors (Lipinski definition) is 2. The van der Waals surface area contributed by atoms with Crippen LogP contribution in [0.2, 0.25) is 0 Å². The van der Waals surface area contributed by atoms with Crippen molar-refractivity contribution in [3.63, 3.8) is 0 Å². The first kappa shape index (κ1) is 12.5. The minimum absolute atomic E-state index is 0.312. The Bertz CT molecular complexity index is 337. The summed E-state index contributed by atoms with van der Waals surface area (Å²) in [5.41, 5.74) is 0. The third-order valence-electron chi connectivity index (χ3n) is 6.13. The van der Waals surface area contributed by atoms with Crippen LogP contribution in [0.4, 0.5) is 0 Å². The molecule has 0 N–H and O–H groups in total. The van der Waals surface area contributed by atoms with Crippen molar-refractivity contribution in [2.45, 2.75) is 64.0 Å². The van der Waals surface area contributed by atoms with Crippen LogP contribution in [-0.4, -0.2) is 24.0 Å². The SMILES string of the molecule is CC1CCC([C@H]2C[C@H]3CCC(C2C#N)N3C)CC1. The average Bonchev–Trinajstić information content (AvgIpc) is 2.63. The number of nitriles is 1. The van der Waals surface area contributed by atoms with Crippen LogP contribution in [0, 0.1) is 35.0 Å². The minimum Gasteiger partial charge on any atom is -0.299 e. The molecule has 3 aliphatic rings. The van der Waals surface area contributed by atoms with Gasteiger partial charge in [0.05, 0.1) is 12.0 Å². The predicted molar refractivity (Wildman–Crippen MR) is 72.9 cm³/mol. The molecule has 0 aromatic carbocycles. The van der Waals surface area contributed by atoms with Crippen LogP contribution < -0.4 is 0 Å². The highest BCUT2D eigenvalue weighted by Gasteiger charge is 2.48. The van der Waals surface area contributed by atoms with E-state index in [1.54, 1.807) is 0 Å². The van der Waals surface area contributed by atoms with Gasteiger partial charge in [-0.15, -0.1) is 0 Å². The highest BCUT2D eigenvalue weighted by molar-refractivity contribution is 5.07. The molecule has 1 aliphatic carbocycles. The van der Waals surface area contributed by atoms with E-state index in [0.29, 0.717) is 17.9 Å². The highest BCUT2D eigenvalue weighted by atomic mass is 15.2. The third-order valence-corrected chi connectivity index (χ3v) is 6.13. The zero-order valence-electron chi connectivity index (χ0n) is 11.8. The molecule has 2 saturated heterocycles. The maximum atomic E-state index is 9.61. The molecule has 100 valence electrons. The lowest BCUT2D eigenvalue weighted by Gasteiger charge is -2.44. The largest absolute Gasteiger partial charge is 0.299 e. The first-order valence-electron chi connectivity index (χ1n) is 7.82. The standard InChI is InChI=1S/C16H26N2/c1-11-3-5-12(6-4-11)14-9-13-7-8-16(18(13)2)15(14)10-17/h11-16H,3-9H2,1-2H3/t11?,12?,13-,14-,15?,16?/m1/s1. The van der Waals surface area contributed by atoms with E-state index in [1.807, 2.05) is 0 Å². The molecule has 2 nitrogen and oxygen atoms in total. The van der Waals surface area contributed by atoms with Gasteiger partial charge in [0.1, 0.15) is 0 Å². The van der Waals surface area contributed by atoms with Gasteiger partial charge in [0.15, 0.2) is 0 Å². The smallest absolute Gasteiger partial charge is 0.0675 e. The fourth-order valence-corrected chi connectivity index (χ4v) is 4.89. The summed E-state index contributed by atoms with van der Waals surface area (Å²) in [4.78, 5) is 2.51. The molecular formula is C16H26N2. The molecular weight excluding hydrogens is 220 g/mol. The molecule has 1 saturated carbocycles. The maximum Gasteiger partial charge on any atom is 0.0675 e.